The lowest BCUT2D eigenvalue weighted by Crippen LogP contribution is -2.44. The van der Waals surface area contributed by atoms with Crippen LogP contribution >= 0.6 is 11.3 Å². The van der Waals surface area contributed by atoms with Crippen molar-refractivity contribution in [1.82, 2.24) is 15.2 Å². The SMILES string of the molecule is C=C(N)N1CCCC(C[C@@H](C(=O)OC)[C@@H](C)NC(=O)c2ccc(-c3ccccn3)s2)C1. The Balaban J connectivity index is 1.65. The van der Waals surface area contributed by atoms with Crippen LogP contribution in [0, 0.1) is 11.8 Å². The number of carbonyl (C=O) groups excluding carboxylic acids is 2. The fraction of sp³-hybridized carbons (Fsp3) is 0.435. The van der Waals surface area contributed by atoms with Gasteiger partial charge in [0.1, 0.15) is 0 Å². The van der Waals surface area contributed by atoms with Crippen LogP contribution in [0.3, 0.4) is 0 Å². The predicted molar refractivity (Wildman–Crippen MR) is 122 cm³/mol. The zero-order valence-corrected chi connectivity index (χ0v) is 18.9. The van der Waals surface area contributed by atoms with Gasteiger partial charge < -0.3 is 20.7 Å². The number of methoxy groups -OCH3 is 1. The third-order valence-corrected chi connectivity index (χ3v) is 6.83. The summed E-state index contributed by atoms with van der Waals surface area (Å²) in [4.78, 5) is 33.2. The van der Waals surface area contributed by atoms with Crippen molar-refractivity contribution in [2.75, 3.05) is 20.2 Å². The largest absolute Gasteiger partial charge is 0.469 e. The molecule has 1 fully saturated rings. The molecule has 7 nitrogen and oxygen atoms in total. The number of nitrogens with one attached hydrogen (secondary N) is 1. The van der Waals surface area contributed by atoms with E-state index in [0.717, 1.165) is 36.5 Å². The van der Waals surface area contributed by atoms with Crippen LogP contribution in [0.25, 0.3) is 10.6 Å². The molecule has 1 aliphatic heterocycles. The summed E-state index contributed by atoms with van der Waals surface area (Å²) in [7, 11) is 1.39. The predicted octanol–water partition coefficient (Wildman–Crippen LogP) is 3.25. The van der Waals surface area contributed by atoms with Crippen LogP contribution in [0.15, 0.2) is 48.9 Å². The maximum atomic E-state index is 12.8. The van der Waals surface area contributed by atoms with Crippen molar-refractivity contribution in [2.45, 2.75) is 32.2 Å². The highest BCUT2D eigenvalue weighted by Gasteiger charge is 2.32. The Labute approximate surface area is 187 Å². The molecule has 0 bridgehead atoms. The Kier molecular flexibility index (Phi) is 7.68. The van der Waals surface area contributed by atoms with Crippen LogP contribution in [0.4, 0.5) is 0 Å². The van der Waals surface area contributed by atoms with Gasteiger partial charge in [-0.05, 0) is 56.4 Å². The summed E-state index contributed by atoms with van der Waals surface area (Å²) in [6.07, 6.45) is 4.36. The van der Waals surface area contributed by atoms with Crippen LogP contribution in [0.1, 0.15) is 35.9 Å². The zero-order valence-electron chi connectivity index (χ0n) is 18.0. The van der Waals surface area contributed by atoms with Gasteiger partial charge in [-0.2, -0.15) is 0 Å². The molecule has 0 saturated carbocycles. The highest BCUT2D eigenvalue weighted by Crippen LogP contribution is 2.28. The number of thiophene rings is 1. The van der Waals surface area contributed by atoms with Crippen molar-refractivity contribution in [3.8, 4) is 10.6 Å². The van der Waals surface area contributed by atoms with E-state index in [1.165, 1.54) is 18.4 Å². The van der Waals surface area contributed by atoms with Gasteiger partial charge in [-0.1, -0.05) is 12.6 Å². The minimum atomic E-state index is -0.430. The van der Waals surface area contributed by atoms with E-state index in [9.17, 15) is 9.59 Å². The molecule has 2 aromatic rings. The number of carbonyl (C=O) groups is 2. The van der Waals surface area contributed by atoms with Crippen LogP contribution in [0.2, 0.25) is 0 Å². The molecule has 3 rings (SSSR count). The molecule has 2 aromatic heterocycles. The first-order chi connectivity index (χ1) is 14.9. The van der Waals surface area contributed by atoms with Gasteiger partial charge in [0.2, 0.25) is 0 Å². The van der Waals surface area contributed by atoms with Crippen LogP contribution in [0.5, 0.6) is 0 Å². The standard InChI is InChI=1S/C23H30N4O3S/c1-15(18(23(29)30-3)13-17-7-6-12-27(14-17)16(2)24)26-22(28)21-10-9-20(31-21)19-8-4-5-11-25-19/h4-5,8-11,15,17-18H,2,6-7,12-14,24H2,1,3H3,(H,26,28)/t15-,17?,18-/m1/s1. The molecule has 0 aliphatic carbocycles. The molecule has 31 heavy (non-hydrogen) atoms. The second-order valence-corrected chi connectivity index (χ2v) is 9.04. The number of rotatable bonds is 8. The molecule has 0 spiro atoms. The minimum Gasteiger partial charge on any atom is -0.469 e. The highest BCUT2D eigenvalue weighted by atomic mass is 32.1. The van der Waals surface area contributed by atoms with E-state index >= 15 is 0 Å². The summed E-state index contributed by atoms with van der Waals surface area (Å²) >= 11 is 1.38. The maximum absolute atomic E-state index is 12.8. The van der Waals surface area contributed by atoms with E-state index in [2.05, 4.69) is 21.8 Å². The fourth-order valence-electron chi connectivity index (χ4n) is 4.02. The number of hydrogen-bond acceptors (Lipinski definition) is 7. The van der Waals surface area contributed by atoms with Gasteiger partial charge in [0, 0.05) is 25.3 Å². The monoisotopic (exact) mass is 442 g/mol. The molecule has 3 heterocycles. The third-order valence-electron chi connectivity index (χ3n) is 5.73. The van der Waals surface area contributed by atoms with Gasteiger partial charge in [0.25, 0.3) is 5.91 Å². The maximum Gasteiger partial charge on any atom is 0.310 e. The quantitative estimate of drug-likeness (QED) is 0.609. The first-order valence-corrected chi connectivity index (χ1v) is 11.3. The average Bonchev–Trinajstić information content (AvgIpc) is 3.28. The first kappa shape index (κ1) is 22.8. The Morgan fingerprint density at radius 3 is 2.87 bits per heavy atom. The summed E-state index contributed by atoms with van der Waals surface area (Å²) in [5, 5.41) is 2.99. The normalized spacial score (nSPS) is 18.1. The number of piperidine rings is 1. The van der Waals surface area contributed by atoms with Gasteiger partial charge >= 0.3 is 5.97 Å². The fourth-order valence-corrected chi connectivity index (χ4v) is 4.90. The first-order valence-electron chi connectivity index (χ1n) is 10.5. The number of nitrogens with zero attached hydrogens (tertiary/aromatic N) is 2. The summed E-state index contributed by atoms with van der Waals surface area (Å²) in [6, 6.07) is 8.99. The summed E-state index contributed by atoms with van der Waals surface area (Å²) in [5.74, 6) is -0.0942. The third kappa shape index (κ3) is 5.85. The van der Waals surface area contributed by atoms with Gasteiger partial charge in [0.05, 0.1) is 34.3 Å². The molecule has 0 radical (unpaired) electrons. The number of hydrogen-bond donors (Lipinski definition) is 2. The Morgan fingerprint density at radius 1 is 1.39 bits per heavy atom. The molecular formula is C23H30N4O3S. The number of nitrogens with two attached hydrogens (primary N) is 1. The lowest BCUT2D eigenvalue weighted by molar-refractivity contribution is -0.147. The van der Waals surface area contributed by atoms with Gasteiger partial charge in [0.15, 0.2) is 0 Å². The van der Waals surface area contributed by atoms with E-state index in [1.807, 2.05) is 31.2 Å². The summed E-state index contributed by atoms with van der Waals surface area (Å²) in [6.45, 7) is 7.34. The van der Waals surface area contributed by atoms with Crippen molar-refractivity contribution in [2.24, 2.45) is 17.6 Å². The van der Waals surface area contributed by atoms with Crippen molar-refractivity contribution in [3.63, 3.8) is 0 Å². The molecule has 1 aliphatic rings. The Bertz CT molecular complexity index is 915. The number of pyridine rings is 1. The van der Waals surface area contributed by atoms with E-state index in [-0.39, 0.29) is 23.8 Å². The van der Waals surface area contributed by atoms with Crippen molar-refractivity contribution >= 4 is 23.2 Å². The second kappa shape index (κ2) is 10.4. The van der Waals surface area contributed by atoms with Crippen molar-refractivity contribution in [3.05, 3.63) is 53.8 Å². The second-order valence-electron chi connectivity index (χ2n) is 7.95. The minimum absolute atomic E-state index is 0.200. The van der Waals surface area contributed by atoms with Gasteiger partial charge in [-0.3, -0.25) is 14.6 Å². The van der Waals surface area contributed by atoms with Crippen LogP contribution in [-0.2, 0) is 9.53 Å². The lowest BCUT2D eigenvalue weighted by Gasteiger charge is -2.36. The zero-order chi connectivity index (χ0) is 22.4. The molecule has 1 amide bonds. The summed E-state index contributed by atoms with van der Waals surface area (Å²) in [5.41, 5.74) is 6.69. The van der Waals surface area contributed by atoms with E-state index < -0.39 is 5.92 Å². The number of likely N-dealkylation sites (tertiary alicyclic amines) is 1. The average molecular weight is 443 g/mol. The number of amides is 1. The molecule has 3 atom stereocenters. The molecule has 1 saturated heterocycles. The lowest BCUT2D eigenvalue weighted by atomic mass is 9.85. The summed E-state index contributed by atoms with van der Waals surface area (Å²) < 4.78 is 5.05. The molecule has 1 unspecified atom stereocenters. The molecule has 166 valence electrons. The Morgan fingerprint density at radius 2 is 2.19 bits per heavy atom. The highest BCUT2D eigenvalue weighted by molar-refractivity contribution is 7.17. The molecule has 3 N–H and O–H groups in total. The number of esters is 1. The molecular weight excluding hydrogens is 412 g/mol. The van der Waals surface area contributed by atoms with Crippen molar-refractivity contribution in [1.29, 1.82) is 0 Å². The van der Waals surface area contributed by atoms with E-state index in [0.29, 0.717) is 17.1 Å². The Hall–Kier alpha value is -2.87. The number of ether oxygens (including phenoxy) is 1. The topological polar surface area (TPSA) is 97.5 Å². The molecule has 0 aromatic carbocycles. The van der Waals surface area contributed by atoms with E-state index in [1.54, 1.807) is 12.3 Å². The van der Waals surface area contributed by atoms with E-state index in [4.69, 9.17) is 10.5 Å². The molecule has 8 heteroatoms. The van der Waals surface area contributed by atoms with Gasteiger partial charge in [-0.25, -0.2) is 0 Å². The van der Waals surface area contributed by atoms with Gasteiger partial charge in [-0.15, -0.1) is 11.3 Å². The number of aromatic nitrogens is 1. The van der Waals surface area contributed by atoms with Crippen LogP contribution in [-0.4, -0.2) is 48.0 Å². The van der Waals surface area contributed by atoms with Crippen LogP contribution < -0.4 is 11.1 Å². The smallest absolute Gasteiger partial charge is 0.310 e. The van der Waals surface area contributed by atoms with Crippen molar-refractivity contribution < 1.29 is 14.3 Å².